The van der Waals surface area contributed by atoms with E-state index in [1.54, 1.807) is 11.8 Å². The van der Waals surface area contributed by atoms with Gasteiger partial charge in [-0.05, 0) is 41.7 Å². The number of H-pyrrole nitrogens is 2. The van der Waals surface area contributed by atoms with Gasteiger partial charge in [-0.1, -0.05) is 39.8 Å². The van der Waals surface area contributed by atoms with E-state index >= 15 is 0 Å². The highest BCUT2D eigenvalue weighted by atomic mass is 32.2. The fraction of sp³-hybridized carbons (Fsp3) is 0.471. The largest absolute Gasteiger partial charge is 0.480 e. The molecule has 0 aliphatic rings. The molecule has 0 aliphatic carbocycles. The molecule has 0 fully saturated rings. The Hall–Kier alpha value is -1.20. The lowest BCUT2D eigenvalue weighted by Gasteiger charge is -2.21. The van der Waals surface area contributed by atoms with Crippen molar-refractivity contribution in [1.29, 1.82) is 0 Å². The zero-order valence-electron chi connectivity index (χ0n) is 13.6. The maximum Gasteiger partial charge on any atom is 0.174 e. The topological polar surface area (TPSA) is 40.8 Å². The second-order valence-electron chi connectivity index (χ2n) is 6.31. The first-order valence-corrected chi connectivity index (χ1v) is 8.99. The average Bonchev–Trinajstić information content (AvgIpc) is 2.88. The van der Waals surface area contributed by atoms with Crippen LogP contribution >= 0.6 is 24.0 Å². The second-order valence-corrected chi connectivity index (χ2v) is 7.87. The van der Waals surface area contributed by atoms with E-state index in [2.05, 4.69) is 61.9 Å². The molecule has 2 N–H and O–H groups in total. The normalized spacial score (nSPS) is 13.1. The van der Waals surface area contributed by atoms with E-state index in [0.717, 1.165) is 23.6 Å². The number of nitrogens with one attached hydrogen (secondary N) is 2. The Balaban J connectivity index is 1.93. The fourth-order valence-electron chi connectivity index (χ4n) is 2.05. The smallest absolute Gasteiger partial charge is 0.174 e. The monoisotopic (exact) mass is 336 g/mol. The lowest BCUT2D eigenvalue weighted by Crippen LogP contribution is -2.13. The van der Waals surface area contributed by atoms with Crippen molar-refractivity contribution in [3.63, 3.8) is 0 Å². The van der Waals surface area contributed by atoms with E-state index < -0.39 is 0 Å². The summed E-state index contributed by atoms with van der Waals surface area (Å²) in [4.78, 5) is 6.11. The van der Waals surface area contributed by atoms with Gasteiger partial charge in [-0.15, -0.1) is 11.8 Å². The van der Waals surface area contributed by atoms with E-state index in [0.29, 0.717) is 4.77 Å². The molecule has 5 heteroatoms. The standard InChI is InChI=1S/C17H24N2OS2/c1-5-15(22-11-13-10-18-16(21)19-13)20-14-8-6-12(7-9-14)17(2,3)4/h6-10,15H,5,11H2,1-4H3,(H2,18,19,21). The predicted molar refractivity (Wildman–Crippen MR) is 97.1 cm³/mol. The van der Waals surface area contributed by atoms with Crippen LogP contribution in [0.15, 0.2) is 30.5 Å². The van der Waals surface area contributed by atoms with Crippen LogP contribution in [0, 0.1) is 4.77 Å². The van der Waals surface area contributed by atoms with E-state index in [4.69, 9.17) is 17.0 Å². The maximum absolute atomic E-state index is 6.07. The van der Waals surface area contributed by atoms with Gasteiger partial charge in [0.15, 0.2) is 4.77 Å². The van der Waals surface area contributed by atoms with E-state index in [9.17, 15) is 0 Å². The van der Waals surface area contributed by atoms with Crippen molar-refractivity contribution in [3.8, 4) is 5.75 Å². The zero-order valence-corrected chi connectivity index (χ0v) is 15.2. The zero-order chi connectivity index (χ0) is 16.2. The minimum absolute atomic E-state index is 0.136. The Morgan fingerprint density at radius 1 is 1.23 bits per heavy atom. The summed E-state index contributed by atoms with van der Waals surface area (Å²) >= 11 is 6.81. The molecule has 22 heavy (non-hydrogen) atoms. The molecule has 0 spiro atoms. The number of hydrogen-bond donors (Lipinski definition) is 2. The minimum Gasteiger partial charge on any atom is -0.480 e. The molecule has 1 unspecified atom stereocenters. The number of rotatable bonds is 6. The lowest BCUT2D eigenvalue weighted by molar-refractivity contribution is 0.283. The molecule has 0 amide bonds. The van der Waals surface area contributed by atoms with Crippen LogP contribution in [0.3, 0.4) is 0 Å². The Bertz CT molecular complexity index is 638. The molecule has 1 aromatic carbocycles. The Morgan fingerprint density at radius 3 is 2.41 bits per heavy atom. The summed E-state index contributed by atoms with van der Waals surface area (Å²) in [6.45, 7) is 8.79. The van der Waals surface area contributed by atoms with Gasteiger partial charge in [0.05, 0.1) is 0 Å². The Labute approximate surface area is 141 Å². The summed E-state index contributed by atoms with van der Waals surface area (Å²) in [5.41, 5.74) is 2.72. The van der Waals surface area contributed by atoms with Gasteiger partial charge >= 0.3 is 0 Å². The molecular weight excluding hydrogens is 312 g/mol. The van der Waals surface area contributed by atoms with E-state index in [1.165, 1.54) is 5.56 Å². The highest BCUT2D eigenvalue weighted by molar-refractivity contribution is 7.99. The predicted octanol–water partition coefficient (Wildman–Crippen LogP) is 5.42. The third-order valence-corrected chi connectivity index (χ3v) is 4.90. The highest BCUT2D eigenvalue weighted by Gasteiger charge is 2.14. The Morgan fingerprint density at radius 2 is 1.91 bits per heavy atom. The molecule has 0 bridgehead atoms. The molecule has 1 atom stereocenters. The van der Waals surface area contributed by atoms with Gasteiger partial charge in [0, 0.05) is 17.6 Å². The summed E-state index contributed by atoms with van der Waals surface area (Å²) in [6.07, 6.45) is 2.87. The van der Waals surface area contributed by atoms with Crippen LogP contribution in [0.4, 0.5) is 0 Å². The number of benzene rings is 1. The molecule has 2 aromatic rings. The number of aromatic amines is 2. The van der Waals surface area contributed by atoms with Crippen molar-refractivity contribution in [2.45, 2.75) is 50.7 Å². The van der Waals surface area contributed by atoms with Gasteiger partial charge in [0.2, 0.25) is 0 Å². The number of thioether (sulfide) groups is 1. The molecular formula is C17H24N2OS2. The molecule has 0 saturated heterocycles. The summed E-state index contributed by atoms with van der Waals surface area (Å²) in [5, 5.41) is 0. The van der Waals surface area contributed by atoms with Crippen LogP contribution in [0.5, 0.6) is 5.75 Å². The van der Waals surface area contributed by atoms with Gasteiger partial charge in [-0.3, -0.25) is 0 Å². The number of imidazole rings is 1. The van der Waals surface area contributed by atoms with Crippen LogP contribution < -0.4 is 4.74 Å². The molecule has 1 heterocycles. The highest BCUT2D eigenvalue weighted by Crippen LogP contribution is 2.27. The van der Waals surface area contributed by atoms with Crippen molar-refractivity contribution in [2.24, 2.45) is 0 Å². The number of hydrogen-bond acceptors (Lipinski definition) is 3. The Kier molecular flexibility index (Phi) is 5.75. The van der Waals surface area contributed by atoms with Crippen molar-refractivity contribution >= 4 is 24.0 Å². The van der Waals surface area contributed by atoms with Crippen LogP contribution in [0.2, 0.25) is 0 Å². The van der Waals surface area contributed by atoms with Crippen molar-refractivity contribution in [1.82, 2.24) is 9.97 Å². The van der Waals surface area contributed by atoms with E-state index in [1.807, 2.05) is 6.20 Å². The summed E-state index contributed by atoms with van der Waals surface area (Å²) in [7, 11) is 0. The summed E-state index contributed by atoms with van der Waals surface area (Å²) < 4.78 is 6.74. The third-order valence-electron chi connectivity index (χ3n) is 3.40. The number of ether oxygens (including phenoxy) is 1. The van der Waals surface area contributed by atoms with Gasteiger partial charge in [-0.25, -0.2) is 0 Å². The lowest BCUT2D eigenvalue weighted by atomic mass is 9.87. The first-order chi connectivity index (χ1) is 10.4. The van der Waals surface area contributed by atoms with E-state index in [-0.39, 0.29) is 10.9 Å². The first kappa shape index (κ1) is 17.2. The van der Waals surface area contributed by atoms with Gasteiger partial charge < -0.3 is 14.7 Å². The second kappa shape index (κ2) is 7.38. The first-order valence-electron chi connectivity index (χ1n) is 7.54. The van der Waals surface area contributed by atoms with Crippen LogP contribution in [0.25, 0.3) is 0 Å². The number of aromatic nitrogens is 2. The van der Waals surface area contributed by atoms with Crippen molar-refractivity contribution < 1.29 is 4.74 Å². The average molecular weight is 337 g/mol. The van der Waals surface area contributed by atoms with Crippen molar-refractivity contribution in [3.05, 3.63) is 46.5 Å². The molecule has 0 aliphatic heterocycles. The molecule has 0 saturated carbocycles. The van der Waals surface area contributed by atoms with Crippen LogP contribution in [-0.4, -0.2) is 15.4 Å². The molecule has 0 radical (unpaired) electrons. The maximum atomic E-state index is 6.07. The van der Waals surface area contributed by atoms with Gasteiger partial charge in [-0.2, -0.15) is 0 Å². The van der Waals surface area contributed by atoms with Crippen LogP contribution in [0.1, 0.15) is 45.4 Å². The molecule has 120 valence electrons. The molecule has 2 rings (SSSR count). The summed E-state index contributed by atoms with van der Waals surface area (Å²) in [6, 6.07) is 8.42. The molecule has 1 aromatic heterocycles. The minimum atomic E-state index is 0.136. The quantitative estimate of drug-likeness (QED) is 0.547. The fourth-order valence-corrected chi connectivity index (χ4v) is 3.18. The third kappa shape index (κ3) is 4.92. The summed E-state index contributed by atoms with van der Waals surface area (Å²) in [5.74, 6) is 1.78. The van der Waals surface area contributed by atoms with Crippen molar-refractivity contribution in [2.75, 3.05) is 0 Å². The SMILES string of the molecule is CCC(Oc1ccc(C(C)(C)C)cc1)SCc1c[nH]c(=S)[nH]1. The van der Waals surface area contributed by atoms with Gasteiger partial charge in [0.1, 0.15) is 11.2 Å². The molecule has 3 nitrogen and oxygen atoms in total. The van der Waals surface area contributed by atoms with Crippen LogP contribution in [-0.2, 0) is 11.2 Å². The van der Waals surface area contributed by atoms with Gasteiger partial charge in [0.25, 0.3) is 0 Å².